The molecule has 5 nitrogen and oxygen atoms in total. The van der Waals surface area contributed by atoms with Gasteiger partial charge in [-0.05, 0) is 30.3 Å². The van der Waals surface area contributed by atoms with E-state index in [-0.39, 0.29) is 5.91 Å². The number of anilines is 1. The molecule has 0 bridgehead atoms. The van der Waals surface area contributed by atoms with E-state index < -0.39 is 0 Å². The van der Waals surface area contributed by atoms with Gasteiger partial charge in [-0.2, -0.15) is 5.26 Å². The van der Waals surface area contributed by atoms with Crippen molar-refractivity contribution in [2.75, 3.05) is 18.5 Å². The van der Waals surface area contributed by atoms with Crippen LogP contribution in [0, 0.1) is 11.3 Å². The fourth-order valence-electron chi connectivity index (χ4n) is 2.11. The van der Waals surface area contributed by atoms with Crippen molar-refractivity contribution in [3.8, 4) is 17.6 Å². The number of amides is 1. The molecule has 2 aromatic rings. The molecule has 0 atom stereocenters. The number of rotatable bonds is 2. The van der Waals surface area contributed by atoms with Crippen molar-refractivity contribution in [2.24, 2.45) is 0 Å². The maximum absolute atomic E-state index is 12.3. The minimum Gasteiger partial charge on any atom is -0.486 e. The molecule has 0 saturated heterocycles. The summed E-state index contributed by atoms with van der Waals surface area (Å²) in [5.41, 5.74) is 1.37. The van der Waals surface area contributed by atoms with Gasteiger partial charge in [0.2, 0.25) is 0 Å². The van der Waals surface area contributed by atoms with Crippen molar-refractivity contribution in [1.82, 2.24) is 0 Å². The van der Waals surface area contributed by atoms with Crippen molar-refractivity contribution in [3.05, 3.63) is 52.5 Å². The van der Waals surface area contributed by atoms with Gasteiger partial charge in [0.05, 0.1) is 16.7 Å². The molecule has 1 amide bonds. The largest absolute Gasteiger partial charge is 0.486 e. The van der Waals surface area contributed by atoms with Crippen LogP contribution >= 0.6 is 11.6 Å². The number of fused-ring (bicyclic) bond motifs is 1. The van der Waals surface area contributed by atoms with Gasteiger partial charge in [0.15, 0.2) is 11.5 Å². The Hall–Kier alpha value is -2.71. The molecule has 0 radical (unpaired) electrons. The van der Waals surface area contributed by atoms with E-state index in [9.17, 15) is 4.79 Å². The average molecular weight is 315 g/mol. The number of nitrogens with one attached hydrogen (secondary N) is 1. The predicted molar refractivity (Wildman–Crippen MR) is 81.6 cm³/mol. The van der Waals surface area contributed by atoms with Gasteiger partial charge in [-0.1, -0.05) is 17.7 Å². The lowest BCUT2D eigenvalue weighted by Gasteiger charge is -2.20. The number of nitrogens with zero attached hydrogens (tertiary/aromatic N) is 1. The zero-order chi connectivity index (χ0) is 15.5. The Morgan fingerprint density at radius 1 is 1.23 bits per heavy atom. The quantitative estimate of drug-likeness (QED) is 0.923. The second-order valence-electron chi connectivity index (χ2n) is 4.63. The second-order valence-corrected chi connectivity index (χ2v) is 5.04. The molecular formula is C16H11ClN2O3. The predicted octanol–water partition coefficient (Wildman–Crippen LogP) is 3.24. The third-order valence-electron chi connectivity index (χ3n) is 3.11. The minimum absolute atomic E-state index is 0.327. The zero-order valence-corrected chi connectivity index (χ0v) is 12.2. The molecule has 1 aliphatic heterocycles. The molecule has 110 valence electrons. The highest BCUT2D eigenvalue weighted by molar-refractivity contribution is 6.32. The SMILES string of the molecule is N#Cc1cccc(NC(=O)c2cc(Cl)c3c(c2)OCCO3)c1. The molecule has 2 aromatic carbocycles. The highest BCUT2D eigenvalue weighted by Crippen LogP contribution is 2.38. The lowest BCUT2D eigenvalue weighted by molar-refractivity contribution is 0.102. The lowest BCUT2D eigenvalue weighted by Crippen LogP contribution is -2.17. The van der Waals surface area contributed by atoms with Gasteiger partial charge < -0.3 is 14.8 Å². The standard InChI is InChI=1S/C16H11ClN2O3/c17-13-7-11(8-14-15(13)22-5-4-21-14)16(20)19-12-3-1-2-10(6-12)9-18/h1-3,6-8H,4-5H2,(H,19,20). The van der Waals surface area contributed by atoms with Crippen LogP contribution in [0.25, 0.3) is 0 Å². The molecule has 0 aromatic heterocycles. The molecule has 0 fully saturated rings. The van der Waals surface area contributed by atoms with E-state index in [0.717, 1.165) is 0 Å². The minimum atomic E-state index is -0.339. The van der Waals surface area contributed by atoms with Gasteiger partial charge in [0, 0.05) is 11.3 Å². The van der Waals surface area contributed by atoms with Gasteiger partial charge >= 0.3 is 0 Å². The normalized spacial score (nSPS) is 12.4. The Morgan fingerprint density at radius 3 is 2.86 bits per heavy atom. The monoisotopic (exact) mass is 314 g/mol. The van der Waals surface area contributed by atoms with E-state index >= 15 is 0 Å². The molecule has 1 N–H and O–H groups in total. The second kappa shape index (κ2) is 5.96. The Kier molecular flexibility index (Phi) is 3.86. The number of halogens is 1. The van der Waals surface area contributed by atoms with E-state index in [1.165, 1.54) is 6.07 Å². The van der Waals surface area contributed by atoms with Gasteiger partial charge in [0.25, 0.3) is 5.91 Å². The van der Waals surface area contributed by atoms with E-state index in [1.807, 2.05) is 6.07 Å². The van der Waals surface area contributed by atoms with Crippen LogP contribution in [0.4, 0.5) is 5.69 Å². The van der Waals surface area contributed by atoms with Crippen LogP contribution in [0.3, 0.4) is 0 Å². The molecular weight excluding hydrogens is 304 g/mol. The number of hydrogen-bond acceptors (Lipinski definition) is 4. The van der Waals surface area contributed by atoms with E-state index in [1.54, 1.807) is 30.3 Å². The van der Waals surface area contributed by atoms with Crippen LogP contribution < -0.4 is 14.8 Å². The summed E-state index contributed by atoms with van der Waals surface area (Å²) in [6.07, 6.45) is 0. The first kappa shape index (κ1) is 14.2. The van der Waals surface area contributed by atoms with Crippen molar-refractivity contribution in [3.63, 3.8) is 0 Å². The van der Waals surface area contributed by atoms with E-state index in [2.05, 4.69) is 5.32 Å². The molecule has 6 heteroatoms. The molecule has 1 heterocycles. The first-order valence-corrected chi connectivity index (χ1v) is 6.96. The Labute approximate surface area is 132 Å². The molecule has 0 saturated carbocycles. The summed E-state index contributed by atoms with van der Waals surface area (Å²) in [4.78, 5) is 12.3. The lowest BCUT2D eigenvalue weighted by atomic mass is 10.1. The van der Waals surface area contributed by atoms with Crippen molar-refractivity contribution in [1.29, 1.82) is 5.26 Å². The number of hydrogen-bond donors (Lipinski definition) is 1. The van der Waals surface area contributed by atoms with Crippen molar-refractivity contribution >= 4 is 23.2 Å². The Morgan fingerprint density at radius 2 is 2.05 bits per heavy atom. The summed E-state index contributed by atoms with van der Waals surface area (Å²) in [5, 5.41) is 11.9. The van der Waals surface area contributed by atoms with Crippen LogP contribution in [0.1, 0.15) is 15.9 Å². The van der Waals surface area contributed by atoms with E-state index in [4.69, 9.17) is 26.3 Å². The van der Waals surface area contributed by atoms with Gasteiger partial charge in [-0.3, -0.25) is 4.79 Å². The fraction of sp³-hybridized carbons (Fsp3) is 0.125. The molecule has 0 aliphatic carbocycles. The molecule has 3 rings (SSSR count). The third kappa shape index (κ3) is 2.83. The zero-order valence-electron chi connectivity index (χ0n) is 11.4. The highest BCUT2D eigenvalue weighted by Gasteiger charge is 2.19. The smallest absolute Gasteiger partial charge is 0.255 e. The van der Waals surface area contributed by atoms with Crippen LogP contribution in [0.5, 0.6) is 11.5 Å². The Bertz CT molecular complexity index is 783. The average Bonchev–Trinajstić information content (AvgIpc) is 2.55. The first-order valence-electron chi connectivity index (χ1n) is 6.58. The number of carbonyl (C=O) groups excluding carboxylic acids is 1. The summed E-state index contributed by atoms with van der Waals surface area (Å²) < 4.78 is 10.9. The van der Waals surface area contributed by atoms with Crippen molar-refractivity contribution < 1.29 is 14.3 Å². The molecule has 0 spiro atoms. The third-order valence-corrected chi connectivity index (χ3v) is 3.39. The van der Waals surface area contributed by atoms with Crippen LogP contribution in [0.15, 0.2) is 36.4 Å². The van der Waals surface area contributed by atoms with Crippen LogP contribution in [-0.2, 0) is 0 Å². The molecule has 1 aliphatic rings. The molecule has 22 heavy (non-hydrogen) atoms. The van der Waals surface area contributed by atoms with E-state index in [0.29, 0.717) is 46.5 Å². The highest BCUT2D eigenvalue weighted by atomic mass is 35.5. The summed E-state index contributed by atoms with van der Waals surface area (Å²) in [6.45, 7) is 0.845. The summed E-state index contributed by atoms with van der Waals surface area (Å²) in [6, 6.07) is 11.8. The Balaban J connectivity index is 1.86. The molecule has 0 unspecified atom stereocenters. The summed E-state index contributed by atoms with van der Waals surface area (Å²) in [5.74, 6) is 0.569. The fourth-order valence-corrected chi connectivity index (χ4v) is 2.38. The van der Waals surface area contributed by atoms with Gasteiger partial charge in [-0.25, -0.2) is 0 Å². The van der Waals surface area contributed by atoms with Gasteiger partial charge in [0.1, 0.15) is 13.2 Å². The maximum Gasteiger partial charge on any atom is 0.255 e. The van der Waals surface area contributed by atoms with Gasteiger partial charge in [-0.15, -0.1) is 0 Å². The number of ether oxygens (including phenoxy) is 2. The number of carbonyl (C=O) groups is 1. The number of nitriles is 1. The first-order chi connectivity index (χ1) is 10.7. The summed E-state index contributed by atoms with van der Waals surface area (Å²) >= 11 is 6.11. The maximum atomic E-state index is 12.3. The van der Waals surface area contributed by atoms with Crippen LogP contribution in [0.2, 0.25) is 5.02 Å². The van der Waals surface area contributed by atoms with Crippen molar-refractivity contribution in [2.45, 2.75) is 0 Å². The van der Waals surface area contributed by atoms with Crippen LogP contribution in [-0.4, -0.2) is 19.1 Å². The summed E-state index contributed by atoms with van der Waals surface area (Å²) in [7, 11) is 0. The topological polar surface area (TPSA) is 71.4 Å². The number of benzene rings is 2.